The molecule has 0 saturated carbocycles. The van der Waals surface area contributed by atoms with E-state index in [1.165, 1.54) is 13.2 Å². The van der Waals surface area contributed by atoms with E-state index in [-0.39, 0.29) is 12.5 Å². The number of sulfone groups is 1. The minimum absolute atomic E-state index is 0.270. The zero-order valence-corrected chi connectivity index (χ0v) is 11.0. The van der Waals surface area contributed by atoms with Crippen molar-refractivity contribution in [2.75, 3.05) is 6.26 Å². The Morgan fingerprint density at radius 1 is 1.47 bits per heavy atom. The van der Waals surface area contributed by atoms with Crippen LogP contribution in [0, 0.1) is 5.92 Å². The first-order chi connectivity index (χ1) is 7.82. The molecule has 1 heterocycles. The van der Waals surface area contributed by atoms with Crippen LogP contribution >= 0.6 is 0 Å². The summed E-state index contributed by atoms with van der Waals surface area (Å²) in [7, 11) is -3.20. The van der Waals surface area contributed by atoms with E-state index < -0.39 is 21.0 Å². The molecule has 1 aromatic rings. The summed E-state index contributed by atoms with van der Waals surface area (Å²) in [4.78, 5) is 11.7. The second-order valence-corrected chi connectivity index (χ2v) is 6.52. The van der Waals surface area contributed by atoms with Crippen molar-refractivity contribution in [1.29, 1.82) is 0 Å². The SMILES string of the molecule is C[C@H](C(=O)NCc1ccco1)[C@@H](C)S(C)(=O)=O. The van der Waals surface area contributed by atoms with Crippen molar-refractivity contribution in [3.8, 4) is 0 Å². The quantitative estimate of drug-likeness (QED) is 0.854. The molecule has 0 unspecified atom stereocenters. The van der Waals surface area contributed by atoms with Crippen LogP contribution < -0.4 is 5.32 Å². The maximum absolute atomic E-state index is 11.7. The van der Waals surface area contributed by atoms with Crippen LogP contribution in [0.3, 0.4) is 0 Å². The van der Waals surface area contributed by atoms with E-state index >= 15 is 0 Å². The third-order valence-corrected chi connectivity index (χ3v) is 4.57. The number of hydrogen-bond donors (Lipinski definition) is 1. The maximum atomic E-state index is 11.7. The Balaban J connectivity index is 2.53. The Morgan fingerprint density at radius 3 is 2.59 bits per heavy atom. The predicted octanol–water partition coefficient (Wildman–Crippen LogP) is 0.965. The number of nitrogens with one attached hydrogen (secondary N) is 1. The summed E-state index contributed by atoms with van der Waals surface area (Å²) in [5.41, 5.74) is 0. The molecule has 5 nitrogen and oxygen atoms in total. The summed E-state index contributed by atoms with van der Waals surface area (Å²) in [6, 6.07) is 3.47. The fourth-order valence-corrected chi connectivity index (χ4v) is 2.20. The minimum Gasteiger partial charge on any atom is -0.467 e. The average Bonchev–Trinajstić information content (AvgIpc) is 2.75. The molecule has 0 bridgehead atoms. The minimum atomic E-state index is -3.20. The van der Waals surface area contributed by atoms with Gasteiger partial charge in [0.15, 0.2) is 9.84 Å². The highest BCUT2D eigenvalue weighted by Gasteiger charge is 2.27. The Kier molecular flexibility index (Phi) is 4.34. The van der Waals surface area contributed by atoms with E-state index in [0.29, 0.717) is 5.76 Å². The van der Waals surface area contributed by atoms with Gasteiger partial charge in [-0.05, 0) is 19.1 Å². The Hall–Kier alpha value is -1.30. The number of amides is 1. The van der Waals surface area contributed by atoms with E-state index in [1.807, 2.05) is 0 Å². The van der Waals surface area contributed by atoms with Gasteiger partial charge in [-0.1, -0.05) is 6.92 Å². The first kappa shape index (κ1) is 13.8. The van der Waals surface area contributed by atoms with Crippen molar-refractivity contribution in [2.24, 2.45) is 5.92 Å². The third kappa shape index (κ3) is 3.89. The molecule has 96 valence electrons. The summed E-state index contributed by atoms with van der Waals surface area (Å²) in [5, 5.41) is 1.95. The second-order valence-electron chi connectivity index (χ2n) is 4.12. The van der Waals surface area contributed by atoms with Crippen LogP contribution in [0.2, 0.25) is 0 Å². The van der Waals surface area contributed by atoms with Gasteiger partial charge in [0.2, 0.25) is 5.91 Å². The number of rotatable bonds is 5. The maximum Gasteiger partial charge on any atom is 0.224 e. The van der Waals surface area contributed by atoms with Gasteiger partial charge < -0.3 is 9.73 Å². The number of carbonyl (C=O) groups excluding carboxylic acids is 1. The average molecular weight is 259 g/mol. The Labute approximate surface area is 101 Å². The van der Waals surface area contributed by atoms with Gasteiger partial charge in [0.25, 0.3) is 0 Å². The second kappa shape index (κ2) is 5.35. The van der Waals surface area contributed by atoms with Gasteiger partial charge in [0, 0.05) is 6.26 Å². The summed E-state index contributed by atoms with van der Waals surface area (Å²) < 4.78 is 27.7. The lowest BCUT2D eigenvalue weighted by Crippen LogP contribution is -2.37. The van der Waals surface area contributed by atoms with Crippen molar-refractivity contribution >= 4 is 15.7 Å². The van der Waals surface area contributed by atoms with Crippen LogP contribution in [0.4, 0.5) is 0 Å². The largest absolute Gasteiger partial charge is 0.467 e. The van der Waals surface area contributed by atoms with Gasteiger partial charge in [0.1, 0.15) is 5.76 Å². The van der Waals surface area contributed by atoms with Crippen molar-refractivity contribution in [3.63, 3.8) is 0 Å². The van der Waals surface area contributed by atoms with Crippen LogP contribution in [-0.4, -0.2) is 25.8 Å². The fourth-order valence-electron chi connectivity index (χ4n) is 1.33. The zero-order valence-electron chi connectivity index (χ0n) is 10.1. The van der Waals surface area contributed by atoms with Gasteiger partial charge in [0.05, 0.1) is 24.0 Å². The smallest absolute Gasteiger partial charge is 0.224 e. The molecule has 0 aliphatic carbocycles. The highest BCUT2D eigenvalue weighted by Crippen LogP contribution is 2.11. The summed E-state index contributed by atoms with van der Waals surface area (Å²) in [5.74, 6) is -0.239. The molecule has 0 fully saturated rings. The highest BCUT2D eigenvalue weighted by atomic mass is 32.2. The van der Waals surface area contributed by atoms with Crippen LogP contribution in [0.1, 0.15) is 19.6 Å². The van der Waals surface area contributed by atoms with Crippen molar-refractivity contribution < 1.29 is 17.6 Å². The molecule has 0 aliphatic rings. The van der Waals surface area contributed by atoms with Gasteiger partial charge in [-0.3, -0.25) is 4.79 Å². The van der Waals surface area contributed by atoms with Crippen molar-refractivity contribution in [3.05, 3.63) is 24.2 Å². The van der Waals surface area contributed by atoms with Gasteiger partial charge in [-0.25, -0.2) is 8.42 Å². The monoisotopic (exact) mass is 259 g/mol. The van der Waals surface area contributed by atoms with E-state index in [0.717, 1.165) is 6.26 Å². The number of furan rings is 1. The standard InChI is InChI=1S/C11H17NO4S/c1-8(9(2)17(3,14)15)11(13)12-7-10-5-4-6-16-10/h4-6,8-9H,7H2,1-3H3,(H,12,13)/t8-,9+/m0/s1. The van der Waals surface area contributed by atoms with Gasteiger partial charge in [-0.2, -0.15) is 0 Å². The molecule has 0 aliphatic heterocycles. The lowest BCUT2D eigenvalue weighted by atomic mass is 10.1. The van der Waals surface area contributed by atoms with Crippen LogP contribution in [0.15, 0.2) is 22.8 Å². The molecular formula is C11H17NO4S. The third-order valence-electron chi connectivity index (χ3n) is 2.81. The van der Waals surface area contributed by atoms with Gasteiger partial charge in [-0.15, -0.1) is 0 Å². The first-order valence-electron chi connectivity index (χ1n) is 5.31. The fraction of sp³-hybridized carbons (Fsp3) is 0.545. The highest BCUT2D eigenvalue weighted by molar-refractivity contribution is 7.91. The molecule has 1 rings (SSSR count). The Bertz CT molecular complexity index is 464. The van der Waals surface area contributed by atoms with Crippen molar-refractivity contribution in [2.45, 2.75) is 25.6 Å². The van der Waals surface area contributed by atoms with Crippen LogP contribution in [0.5, 0.6) is 0 Å². The molecule has 0 aromatic carbocycles. The Morgan fingerprint density at radius 2 is 2.12 bits per heavy atom. The zero-order chi connectivity index (χ0) is 13.1. The first-order valence-corrected chi connectivity index (χ1v) is 7.26. The molecular weight excluding hydrogens is 242 g/mol. The normalized spacial score (nSPS) is 15.2. The molecule has 17 heavy (non-hydrogen) atoms. The number of hydrogen-bond acceptors (Lipinski definition) is 4. The molecule has 2 atom stereocenters. The molecule has 1 aromatic heterocycles. The number of carbonyl (C=O) groups is 1. The van der Waals surface area contributed by atoms with E-state index in [4.69, 9.17) is 4.42 Å². The molecule has 0 saturated heterocycles. The molecule has 1 amide bonds. The molecule has 0 radical (unpaired) electrons. The van der Waals surface area contributed by atoms with E-state index in [2.05, 4.69) is 5.32 Å². The molecule has 1 N–H and O–H groups in total. The summed E-state index contributed by atoms with van der Waals surface area (Å²) >= 11 is 0. The lowest BCUT2D eigenvalue weighted by molar-refractivity contribution is -0.124. The van der Waals surface area contributed by atoms with Crippen molar-refractivity contribution in [1.82, 2.24) is 5.32 Å². The van der Waals surface area contributed by atoms with E-state index in [1.54, 1.807) is 19.1 Å². The lowest BCUT2D eigenvalue weighted by Gasteiger charge is -2.17. The van der Waals surface area contributed by atoms with E-state index in [9.17, 15) is 13.2 Å². The van der Waals surface area contributed by atoms with Gasteiger partial charge >= 0.3 is 0 Å². The topological polar surface area (TPSA) is 76.4 Å². The van der Waals surface area contributed by atoms with Crippen LogP contribution in [-0.2, 0) is 21.2 Å². The van der Waals surface area contributed by atoms with Crippen LogP contribution in [0.25, 0.3) is 0 Å². The summed E-state index contributed by atoms with van der Waals surface area (Å²) in [6.45, 7) is 3.41. The predicted molar refractivity (Wildman–Crippen MR) is 64.0 cm³/mol. The molecule has 0 spiro atoms. The summed E-state index contributed by atoms with van der Waals surface area (Å²) in [6.07, 6.45) is 2.65. The molecule has 6 heteroatoms.